The van der Waals surface area contributed by atoms with Gasteiger partial charge in [0, 0.05) is 14.9 Å². The van der Waals surface area contributed by atoms with E-state index in [-0.39, 0.29) is 5.91 Å². The second kappa shape index (κ2) is 8.49. The minimum atomic E-state index is 0.233. The molecule has 2 aliphatic rings. The summed E-state index contributed by atoms with van der Waals surface area (Å²) in [7, 11) is 0. The van der Waals surface area contributed by atoms with Crippen molar-refractivity contribution >= 4 is 33.2 Å². The molecule has 160 valence electrons. The van der Waals surface area contributed by atoms with Gasteiger partial charge in [-0.3, -0.25) is 9.69 Å². The number of carbonyl (C=O) groups excluding carboxylic acids is 1. The highest BCUT2D eigenvalue weighted by molar-refractivity contribution is 9.10. The van der Waals surface area contributed by atoms with Crippen LogP contribution in [-0.2, 0) is 17.9 Å². The summed E-state index contributed by atoms with van der Waals surface area (Å²) in [6.45, 7) is 8.33. The number of nitrogens with zero attached hydrogens (tertiary/aromatic N) is 3. The number of rotatable bonds is 4. The molecule has 2 aliphatic heterocycles. The van der Waals surface area contributed by atoms with Gasteiger partial charge in [-0.1, -0.05) is 46.3 Å². The van der Waals surface area contributed by atoms with Gasteiger partial charge in [0.1, 0.15) is 5.01 Å². The van der Waals surface area contributed by atoms with Crippen LogP contribution in [0.2, 0.25) is 0 Å². The molecule has 3 aromatic rings. The first kappa shape index (κ1) is 20.9. The van der Waals surface area contributed by atoms with E-state index >= 15 is 0 Å². The Balaban J connectivity index is 1.38. The monoisotopic (exact) mass is 495 g/mol. The molecule has 5 rings (SSSR count). The third kappa shape index (κ3) is 3.97. The van der Waals surface area contributed by atoms with Crippen molar-refractivity contribution in [1.29, 1.82) is 0 Å². The third-order valence-electron chi connectivity index (χ3n) is 6.49. The second-order valence-corrected chi connectivity index (χ2v) is 10.5. The second-order valence-electron chi connectivity index (χ2n) is 8.51. The number of amides is 1. The molecule has 0 saturated carbocycles. The molecule has 1 fully saturated rings. The maximum Gasteiger partial charge on any atom is 0.237 e. The molecule has 4 nitrogen and oxygen atoms in total. The van der Waals surface area contributed by atoms with E-state index in [4.69, 9.17) is 4.98 Å². The summed E-state index contributed by atoms with van der Waals surface area (Å²) in [5, 5.41) is 1.06. The fraction of sp³-hybridized carbons (Fsp3) is 0.360. The van der Waals surface area contributed by atoms with Gasteiger partial charge in [0.15, 0.2) is 0 Å². The highest BCUT2D eigenvalue weighted by Gasteiger charge is 2.29. The lowest BCUT2D eigenvalue weighted by Crippen LogP contribution is -2.36. The zero-order valence-electron chi connectivity index (χ0n) is 17.9. The average Bonchev–Trinajstić information content (AvgIpc) is 3.47. The van der Waals surface area contributed by atoms with E-state index < -0.39 is 0 Å². The van der Waals surface area contributed by atoms with Crippen LogP contribution in [-0.4, -0.2) is 40.3 Å². The molecule has 0 N–H and O–H groups in total. The number of fused-ring (bicyclic) bond motifs is 1. The number of hydrogen-bond donors (Lipinski definition) is 0. The SMILES string of the molecule is Cc1c(Br)cccc1-c1cccc(-c2nc3c(s2)CN(C(=O)CN2CCCC2)C3)c1C. The van der Waals surface area contributed by atoms with Crippen LogP contribution in [0.5, 0.6) is 0 Å². The first-order valence-electron chi connectivity index (χ1n) is 10.9. The van der Waals surface area contributed by atoms with Crippen LogP contribution in [0.1, 0.15) is 34.5 Å². The van der Waals surface area contributed by atoms with Crippen molar-refractivity contribution < 1.29 is 4.79 Å². The van der Waals surface area contributed by atoms with E-state index in [9.17, 15) is 4.79 Å². The maximum absolute atomic E-state index is 12.7. The molecule has 2 aromatic carbocycles. The van der Waals surface area contributed by atoms with Gasteiger partial charge in [0.2, 0.25) is 5.91 Å². The van der Waals surface area contributed by atoms with E-state index in [2.05, 4.69) is 71.1 Å². The van der Waals surface area contributed by atoms with Crippen LogP contribution in [0.3, 0.4) is 0 Å². The summed E-state index contributed by atoms with van der Waals surface area (Å²) in [6, 6.07) is 12.8. The number of likely N-dealkylation sites (tertiary alicyclic amines) is 1. The zero-order valence-corrected chi connectivity index (χ0v) is 20.4. The van der Waals surface area contributed by atoms with Crippen molar-refractivity contribution in [2.24, 2.45) is 0 Å². The molecule has 1 aromatic heterocycles. The van der Waals surface area contributed by atoms with Crippen molar-refractivity contribution in [2.75, 3.05) is 19.6 Å². The first-order chi connectivity index (χ1) is 15.0. The van der Waals surface area contributed by atoms with Gasteiger partial charge in [0.25, 0.3) is 0 Å². The van der Waals surface area contributed by atoms with Gasteiger partial charge < -0.3 is 4.90 Å². The summed E-state index contributed by atoms with van der Waals surface area (Å²) in [6.07, 6.45) is 2.42. The van der Waals surface area contributed by atoms with E-state index in [0.29, 0.717) is 19.6 Å². The Kier molecular flexibility index (Phi) is 5.71. The van der Waals surface area contributed by atoms with Crippen molar-refractivity contribution in [2.45, 2.75) is 39.8 Å². The molecule has 0 aliphatic carbocycles. The number of hydrogen-bond acceptors (Lipinski definition) is 4. The van der Waals surface area contributed by atoms with Crippen LogP contribution in [0, 0.1) is 13.8 Å². The van der Waals surface area contributed by atoms with Crippen LogP contribution >= 0.6 is 27.3 Å². The van der Waals surface area contributed by atoms with Gasteiger partial charge >= 0.3 is 0 Å². The Morgan fingerprint density at radius 2 is 1.68 bits per heavy atom. The van der Waals surface area contributed by atoms with Gasteiger partial charge in [-0.05, 0) is 68.1 Å². The van der Waals surface area contributed by atoms with E-state index in [0.717, 1.165) is 28.3 Å². The molecule has 31 heavy (non-hydrogen) atoms. The van der Waals surface area contributed by atoms with Crippen molar-refractivity contribution in [1.82, 2.24) is 14.8 Å². The summed E-state index contributed by atoms with van der Waals surface area (Å²) in [5.41, 5.74) is 7.24. The summed E-state index contributed by atoms with van der Waals surface area (Å²) in [4.78, 5) is 23.1. The normalized spacial score (nSPS) is 16.2. The molecule has 0 unspecified atom stereocenters. The lowest BCUT2D eigenvalue weighted by Gasteiger charge is -2.20. The third-order valence-corrected chi connectivity index (χ3v) is 8.46. The fourth-order valence-electron chi connectivity index (χ4n) is 4.62. The van der Waals surface area contributed by atoms with E-state index in [1.54, 1.807) is 11.3 Å². The van der Waals surface area contributed by atoms with E-state index in [1.165, 1.54) is 45.5 Å². The summed E-state index contributed by atoms with van der Waals surface area (Å²) < 4.78 is 1.13. The lowest BCUT2D eigenvalue weighted by atomic mass is 9.94. The summed E-state index contributed by atoms with van der Waals surface area (Å²) >= 11 is 5.40. The maximum atomic E-state index is 12.7. The Morgan fingerprint density at radius 1 is 1.00 bits per heavy atom. The van der Waals surface area contributed by atoms with Crippen LogP contribution < -0.4 is 0 Å². The van der Waals surface area contributed by atoms with E-state index in [1.807, 2.05) is 4.90 Å². The Labute approximate surface area is 196 Å². The number of carbonyl (C=O) groups is 1. The first-order valence-corrected chi connectivity index (χ1v) is 12.5. The number of aromatic nitrogens is 1. The average molecular weight is 496 g/mol. The van der Waals surface area contributed by atoms with Gasteiger partial charge in [-0.15, -0.1) is 11.3 Å². The Morgan fingerprint density at radius 3 is 2.42 bits per heavy atom. The minimum absolute atomic E-state index is 0.233. The highest BCUT2D eigenvalue weighted by atomic mass is 79.9. The Hall–Kier alpha value is -2.02. The quantitative estimate of drug-likeness (QED) is 0.459. The van der Waals surface area contributed by atoms with Crippen molar-refractivity contribution in [3.63, 3.8) is 0 Å². The van der Waals surface area contributed by atoms with Crippen LogP contribution in [0.15, 0.2) is 40.9 Å². The smallest absolute Gasteiger partial charge is 0.237 e. The van der Waals surface area contributed by atoms with Crippen LogP contribution in [0.4, 0.5) is 0 Å². The van der Waals surface area contributed by atoms with Crippen LogP contribution in [0.25, 0.3) is 21.7 Å². The lowest BCUT2D eigenvalue weighted by molar-refractivity contribution is -0.132. The van der Waals surface area contributed by atoms with Crippen molar-refractivity contribution in [3.05, 3.63) is 62.6 Å². The van der Waals surface area contributed by atoms with Gasteiger partial charge in [0.05, 0.1) is 25.3 Å². The molecular weight excluding hydrogens is 470 g/mol. The molecule has 0 radical (unpaired) electrons. The summed E-state index contributed by atoms with van der Waals surface area (Å²) in [5.74, 6) is 0.233. The predicted molar refractivity (Wildman–Crippen MR) is 130 cm³/mol. The number of thiazole rings is 1. The minimum Gasteiger partial charge on any atom is -0.330 e. The molecule has 6 heteroatoms. The fourth-order valence-corrected chi connectivity index (χ4v) is 6.16. The highest BCUT2D eigenvalue weighted by Crippen LogP contribution is 2.39. The molecule has 0 bridgehead atoms. The Bertz CT molecular complexity index is 1130. The number of halogens is 1. The molecular formula is C25H26BrN3OS. The molecule has 0 spiro atoms. The number of benzene rings is 2. The zero-order chi connectivity index (χ0) is 21.5. The standard InChI is InChI=1S/C25H26BrN3OS/c1-16-18(19-8-6-10-21(26)17(19)2)7-5-9-20(16)25-27-22-13-29(14-23(22)31-25)24(30)15-28-11-3-4-12-28/h5-10H,3-4,11-15H2,1-2H3. The molecule has 0 atom stereocenters. The van der Waals surface area contributed by atoms with Crippen molar-refractivity contribution in [3.8, 4) is 21.7 Å². The topological polar surface area (TPSA) is 36.4 Å². The molecule has 3 heterocycles. The largest absolute Gasteiger partial charge is 0.330 e. The molecule has 1 amide bonds. The molecule has 1 saturated heterocycles. The van der Waals surface area contributed by atoms with Gasteiger partial charge in [-0.25, -0.2) is 4.98 Å². The van der Waals surface area contributed by atoms with Gasteiger partial charge in [-0.2, -0.15) is 0 Å². The predicted octanol–water partition coefficient (Wildman–Crippen LogP) is 5.79.